The Morgan fingerprint density at radius 3 is 2.64 bits per heavy atom. The Kier molecular flexibility index (Phi) is 5.33. The Morgan fingerprint density at radius 1 is 1.09 bits per heavy atom. The van der Waals surface area contributed by atoms with Crippen molar-refractivity contribution >= 4 is 11.6 Å². The van der Waals surface area contributed by atoms with Crippen LogP contribution in [-0.2, 0) is 11.3 Å². The van der Waals surface area contributed by atoms with E-state index in [9.17, 15) is 0 Å². The van der Waals surface area contributed by atoms with E-state index in [4.69, 9.17) is 21.1 Å². The molecule has 0 N–H and O–H groups in total. The minimum absolute atomic E-state index is 0.0530. The van der Waals surface area contributed by atoms with Crippen molar-refractivity contribution in [3.8, 4) is 5.75 Å². The molecule has 0 amide bonds. The SMILES string of the molecule is Clc1ccc(CN2CCOC[C@H](Oc3ccccc3)C2)cc1. The molecule has 0 saturated carbocycles. The van der Waals surface area contributed by atoms with E-state index in [2.05, 4.69) is 17.0 Å². The third-order valence-electron chi connectivity index (χ3n) is 3.68. The smallest absolute Gasteiger partial charge is 0.135 e. The highest BCUT2D eigenvalue weighted by Crippen LogP contribution is 2.16. The first-order valence-corrected chi connectivity index (χ1v) is 7.93. The number of rotatable bonds is 4. The van der Waals surface area contributed by atoms with Gasteiger partial charge in [0.2, 0.25) is 0 Å². The standard InChI is InChI=1S/C18H20ClNO2/c19-16-8-6-15(7-9-16)12-20-10-11-21-14-18(13-20)22-17-4-2-1-3-5-17/h1-9,18H,10-14H2/t18-/m1/s1. The van der Waals surface area contributed by atoms with Crippen molar-refractivity contribution in [2.75, 3.05) is 26.3 Å². The lowest BCUT2D eigenvalue weighted by Gasteiger charge is -2.24. The van der Waals surface area contributed by atoms with Crippen molar-refractivity contribution in [3.05, 3.63) is 65.2 Å². The van der Waals surface area contributed by atoms with Gasteiger partial charge in [-0.2, -0.15) is 0 Å². The van der Waals surface area contributed by atoms with Crippen LogP contribution in [0.4, 0.5) is 0 Å². The largest absolute Gasteiger partial charge is 0.487 e. The van der Waals surface area contributed by atoms with Gasteiger partial charge < -0.3 is 9.47 Å². The zero-order chi connectivity index (χ0) is 15.2. The first-order chi connectivity index (χ1) is 10.8. The van der Waals surface area contributed by atoms with Crippen LogP contribution in [0.1, 0.15) is 5.56 Å². The summed E-state index contributed by atoms with van der Waals surface area (Å²) < 4.78 is 11.7. The van der Waals surface area contributed by atoms with Crippen LogP contribution in [0, 0.1) is 0 Å². The molecule has 0 bridgehead atoms. The molecule has 3 nitrogen and oxygen atoms in total. The minimum Gasteiger partial charge on any atom is -0.487 e. The number of para-hydroxylation sites is 1. The van der Waals surface area contributed by atoms with Gasteiger partial charge in [0.15, 0.2) is 0 Å². The molecule has 22 heavy (non-hydrogen) atoms. The fourth-order valence-electron chi connectivity index (χ4n) is 2.59. The quantitative estimate of drug-likeness (QED) is 0.859. The summed E-state index contributed by atoms with van der Waals surface area (Å²) in [6.07, 6.45) is 0.0530. The number of nitrogens with zero attached hydrogens (tertiary/aromatic N) is 1. The second-order valence-electron chi connectivity index (χ2n) is 5.49. The van der Waals surface area contributed by atoms with Crippen LogP contribution in [0.25, 0.3) is 0 Å². The number of ether oxygens (including phenoxy) is 2. The lowest BCUT2D eigenvalue weighted by atomic mass is 10.2. The average molecular weight is 318 g/mol. The van der Waals surface area contributed by atoms with Gasteiger partial charge in [0.05, 0.1) is 13.2 Å². The second kappa shape index (κ2) is 7.63. The Morgan fingerprint density at radius 2 is 1.86 bits per heavy atom. The summed E-state index contributed by atoms with van der Waals surface area (Å²) in [5, 5.41) is 0.772. The van der Waals surface area contributed by atoms with Crippen LogP contribution < -0.4 is 4.74 Å². The van der Waals surface area contributed by atoms with Crippen molar-refractivity contribution < 1.29 is 9.47 Å². The summed E-state index contributed by atoms with van der Waals surface area (Å²) in [4.78, 5) is 2.36. The molecule has 0 aliphatic carbocycles. The van der Waals surface area contributed by atoms with Crippen molar-refractivity contribution in [1.82, 2.24) is 4.90 Å². The van der Waals surface area contributed by atoms with Crippen molar-refractivity contribution in [2.45, 2.75) is 12.6 Å². The maximum absolute atomic E-state index is 6.03. The van der Waals surface area contributed by atoms with E-state index in [0.29, 0.717) is 6.61 Å². The lowest BCUT2D eigenvalue weighted by Crippen LogP contribution is -2.35. The van der Waals surface area contributed by atoms with E-state index in [-0.39, 0.29) is 6.10 Å². The van der Waals surface area contributed by atoms with Crippen molar-refractivity contribution in [1.29, 1.82) is 0 Å². The highest BCUT2D eigenvalue weighted by Gasteiger charge is 2.20. The van der Waals surface area contributed by atoms with E-state index in [1.807, 2.05) is 42.5 Å². The Labute approximate surface area is 136 Å². The molecule has 1 aliphatic rings. The summed E-state index contributed by atoms with van der Waals surface area (Å²) in [5.74, 6) is 0.893. The van der Waals surface area contributed by atoms with Crippen LogP contribution in [0.5, 0.6) is 5.75 Å². The third-order valence-corrected chi connectivity index (χ3v) is 3.93. The molecule has 1 saturated heterocycles. The predicted molar refractivity (Wildman–Crippen MR) is 88.4 cm³/mol. The average Bonchev–Trinajstić information content (AvgIpc) is 2.76. The molecular weight excluding hydrogens is 298 g/mol. The topological polar surface area (TPSA) is 21.7 Å². The molecule has 4 heteroatoms. The zero-order valence-corrected chi connectivity index (χ0v) is 13.2. The molecule has 1 heterocycles. The first kappa shape index (κ1) is 15.3. The highest BCUT2D eigenvalue weighted by atomic mass is 35.5. The van der Waals surface area contributed by atoms with Crippen LogP contribution in [0.3, 0.4) is 0 Å². The van der Waals surface area contributed by atoms with Gasteiger partial charge in [0.25, 0.3) is 0 Å². The van der Waals surface area contributed by atoms with Gasteiger partial charge in [-0.05, 0) is 29.8 Å². The summed E-state index contributed by atoms with van der Waals surface area (Å²) in [6.45, 7) is 4.03. The second-order valence-corrected chi connectivity index (χ2v) is 5.93. The molecular formula is C18H20ClNO2. The van der Waals surface area contributed by atoms with Gasteiger partial charge >= 0.3 is 0 Å². The van der Waals surface area contributed by atoms with Crippen molar-refractivity contribution in [3.63, 3.8) is 0 Å². The summed E-state index contributed by atoms with van der Waals surface area (Å²) >= 11 is 5.94. The fourth-order valence-corrected chi connectivity index (χ4v) is 2.72. The molecule has 1 aliphatic heterocycles. The maximum Gasteiger partial charge on any atom is 0.135 e. The van der Waals surface area contributed by atoms with E-state index < -0.39 is 0 Å². The molecule has 0 radical (unpaired) electrons. The van der Waals surface area contributed by atoms with Crippen LogP contribution in [0.2, 0.25) is 5.02 Å². The van der Waals surface area contributed by atoms with Gasteiger partial charge in [-0.25, -0.2) is 0 Å². The van der Waals surface area contributed by atoms with E-state index >= 15 is 0 Å². The molecule has 3 rings (SSSR count). The molecule has 0 unspecified atom stereocenters. The van der Waals surface area contributed by atoms with Crippen LogP contribution in [-0.4, -0.2) is 37.3 Å². The molecule has 0 spiro atoms. The van der Waals surface area contributed by atoms with Gasteiger partial charge in [-0.3, -0.25) is 4.90 Å². The van der Waals surface area contributed by atoms with Gasteiger partial charge in [0, 0.05) is 24.7 Å². The molecule has 1 atom stereocenters. The number of halogens is 1. The van der Waals surface area contributed by atoms with Crippen LogP contribution in [0.15, 0.2) is 54.6 Å². The normalized spacial score (nSPS) is 19.6. The van der Waals surface area contributed by atoms with Gasteiger partial charge in [-0.1, -0.05) is 41.9 Å². The Hall–Kier alpha value is -1.55. The number of hydrogen-bond donors (Lipinski definition) is 0. The van der Waals surface area contributed by atoms with Gasteiger partial charge in [0.1, 0.15) is 11.9 Å². The highest BCUT2D eigenvalue weighted by molar-refractivity contribution is 6.30. The van der Waals surface area contributed by atoms with Crippen LogP contribution >= 0.6 is 11.6 Å². The maximum atomic E-state index is 6.03. The number of benzene rings is 2. The first-order valence-electron chi connectivity index (χ1n) is 7.56. The fraction of sp³-hybridized carbons (Fsp3) is 0.333. The molecule has 2 aromatic rings. The minimum atomic E-state index is 0.0530. The summed E-state index contributed by atoms with van der Waals surface area (Å²) in [5.41, 5.74) is 1.25. The third kappa shape index (κ3) is 4.47. The molecule has 2 aromatic carbocycles. The van der Waals surface area contributed by atoms with E-state index in [0.717, 1.165) is 37.0 Å². The molecule has 116 valence electrons. The predicted octanol–water partition coefficient (Wildman–Crippen LogP) is 3.62. The summed E-state index contributed by atoms with van der Waals surface area (Å²) in [6, 6.07) is 17.9. The van der Waals surface area contributed by atoms with E-state index in [1.54, 1.807) is 0 Å². The Balaban J connectivity index is 1.61. The van der Waals surface area contributed by atoms with E-state index in [1.165, 1.54) is 5.56 Å². The molecule has 1 fully saturated rings. The summed E-state index contributed by atoms with van der Waals surface area (Å²) in [7, 11) is 0. The molecule has 0 aromatic heterocycles. The van der Waals surface area contributed by atoms with Gasteiger partial charge in [-0.15, -0.1) is 0 Å². The Bertz CT molecular complexity index is 573. The van der Waals surface area contributed by atoms with Crippen molar-refractivity contribution in [2.24, 2.45) is 0 Å². The monoisotopic (exact) mass is 317 g/mol. The number of hydrogen-bond acceptors (Lipinski definition) is 3. The zero-order valence-electron chi connectivity index (χ0n) is 12.5. The lowest BCUT2D eigenvalue weighted by molar-refractivity contribution is 0.0710.